The summed E-state index contributed by atoms with van der Waals surface area (Å²) in [5.41, 5.74) is 0.512. The Balaban J connectivity index is 1.61. The minimum Gasteiger partial charge on any atom is -0.344 e. The van der Waals surface area contributed by atoms with Gasteiger partial charge in [-0.1, -0.05) is 0 Å². The maximum atomic E-state index is 13.1. The number of rotatable bonds is 6. The summed E-state index contributed by atoms with van der Waals surface area (Å²) < 4.78 is 39.9. The molecule has 2 aromatic rings. The lowest BCUT2D eigenvalue weighted by Crippen LogP contribution is -2.49. The number of hydrogen-bond donors (Lipinski definition) is 2. The second-order valence-electron chi connectivity index (χ2n) is 7.12. The molecule has 30 heavy (non-hydrogen) atoms. The number of carbonyl (C=O) groups excluding carboxylic acids is 2. The molecule has 10 heteroatoms. The molecule has 0 saturated carbocycles. The van der Waals surface area contributed by atoms with E-state index in [9.17, 15) is 22.4 Å². The van der Waals surface area contributed by atoms with Gasteiger partial charge in [0.15, 0.2) is 0 Å². The van der Waals surface area contributed by atoms with Crippen LogP contribution in [0.1, 0.15) is 19.8 Å². The fourth-order valence-corrected chi connectivity index (χ4v) is 4.74. The first-order valence-electron chi connectivity index (χ1n) is 9.54. The van der Waals surface area contributed by atoms with Crippen LogP contribution >= 0.6 is 0 Å². The van der Waals surface area contributed by atoms with Crippen molar-refractivity contribution in [2.24, 2.45) is 5.92 Å². The highest BCUT2D eigenvalue weighted by molar-refractivity contribution is 7.89. The molecule has 1 aliphatic rings. The second-order valence-corrected chi connectivity index (χ2v) is 9.06. The molecule has 1 aliphatic heterocycles. The third-order valence-corrected chi connectivity index (χ3v) is 6.77. The molecule has 1 fully saturated rings. The van der Waals surface area contributed by atoms with E-state index in [4.69, 9.17) is 0 Å². The summed E-state index contributed by atoms with van der Waals surface area (Å²) in [5.74, 6) is -1.89. The Bertz CT molecular complexity index is 999. The number of piperidine rings is 1. The number of amides is 2. The molecule has 0 radical (unpaired) electrons. The Morgan fingerprint density at radius 2 is 1.97 bits per heavy atom. The van der Waals surface area contributed by atoms with Crippen LogP contribution < -0.4 is 10.6 Å². The van der Waals surface area contributed by atoms with Crippen molar-refractivity contribution in [1.29, 1.82) is 0 Å². The van der Waals surface area contributed by atoms with Crippen LogP contribution in [0.15, 0.2) is 53.7 Å². The topological polar surface area (TPSA) is 108 Å². The molecule has 2 amide bonds. The third-order valence-electron chi connectivity index (χ3n) is 4.89. The first-order valence-corrected chi connectivity index (χ1v) is 11.0. The SMILES string of the molecule is C[C@@H](NC(=O)[C@@H]1CCCN(S(=O)(=O)c2ccc(F)cc2)C1)C(=O)Nc1cccnc1. The van der Waals surface area contributed by atoms with Gasteiger partial charge in [0.05, 0.1) is 22.7 Å². The van der Waals surface area contributed by atoms with Gasteiger partial charge >= 0.3 is 0 Å². The highest BCUT2D eigenvalue weighted by Gasteiger charge is 2.34. The Hall–Kier alpha value is -2.85. The van der Waals surface area contributed by atoms with E-state index in [-0.39, 0.29) is 23.9 Å². The zero-order valence-corrected chi connectivity index (χ0v) is 17.2. The van der Waals surface area contributed by atoms with E-state index in [1.54, 1.807) is 25.3 Å². The standard InChI is InChI=1S/C20H23FN4O4S/c1-14(19(26)24-17-5-2-10-22-12-17)23-20(27)15-4-3-11-25(13-15)30(28,29)18-8-6-16(21)7-9-18/h2,5-10,12,14-15H,3-4,11,13H2,1H3,(H,23,27)(H,24,26)/t14-,15-/m1/s1. The average molecular weight is 434 g/mol. The molecule has 1 aromatic heterocycles. The van der Waals surface area contributed by atoms with Crippen LogP contribution in [0, 0.1) is 11.7 Å². The van der Waals surface area contributed by atoms with E-state index in [2.05, 4.69) is 15.6 Å². The quantitative estimate of drug-likeness (QED) is 0.720. The first-order chi connectivity index (χ1) is 14.3. The first kappa shape index (κ1) is 21.8. The summed E-state index contributed by atoms with van der Waals surface area (Å²) in [6.45, 7) is 1.84. The number of hydrogen-bond acceptors (Lipinski definition) is 5. The van der Waals surface area contributed by atoms with Crippen molar-refractivity contribution in [1.82, 2.24) is 14.6 Å². The van der Waals surface area contributed by atoms with Gasteiger partial charge in [-0.15, -0.1) is 0 Å². The van der Waals surface area contributed by atoms with Crippen LogP contribution in [0.3, 0.4) is 0 Å². The molecule has 2 atom stereocenters. The fraction of sp³-hybridized carbons (Fsp3) is 0.350. The van der Waals surface area contributed by atoms with Crippen LogP contribution in [0.4, 0.5) is 10.1 Å². The number of aromatic nitrogens is 1. The molecule has 0 unspecified atom stereocenters. The normalized spacial score (nSPS) is 18.4. The highest BCUT2D eigenvalue weighted by atomic mass is 32.2. The number of halogens is 1. The predicted molar refractivity (Wildman–Crippen MR) is 108 cm³/mol. The van der Waals surface area contributed by atoms with E-state index in [1.165, 1.54) is 22.6 Å². The zero-order valence-electron chi connectivity index (χ0n) is 16.4. The van der Waals surface area contributed by atoms with E-state index >= 15 is 0 Å². The smallest absolute Gasteiger partial charge is 0.246 e. The van der Waals surface area contributed by atoms with Gasteiger partial charge in [-0.25, -0.2) is 12.8 Å². The molecule has 2 N–H and O–H groups in total. The molecule has 3 rings (SSSR count). The molecule has 160 valence electrons. The summed E-state index contributed by atoms with van der Waals surface area (Å²) in [4.78, 5) is 28.8. The number of nitrogens with zero attached hydrogens (tertiary/aromatic N) is 2. The van der Waals surface area contributed by atoms with Crippen molar-refractivity contribution in [3.05, 3.63) is 54.6 Å². The molecule has 8 nitrogen and oxygen atoms in total. The molecular weight excluding hydrogens is 411 g/mol. The van der Waals surface area contributed by atoms with Crippen LogP contribution in [0.5, 0.6) is 0 Å². The van der Waals surface area contributed by atoms with Crippen molar-refractivity contribution in [2.75, 3.05) is 18.4 Å². The maximum absolute atomic E-state index is 13.1. The van der Waals surface area contributed by atoms with E-state index in [0.29, 0.717) is 18.5 Å². The minimum absolute atomic E-state index is 0.00247. The number of benzene rings is 1. The highest BCUT2D eigenvalue weighted by Crippen LogP contribution is 2.24. The van der Waals surface area contributed by atoms with Crippen LogP contribution in [0.2, 0.25) is 0 Å². The van der Waals surface area contributed by atoms with Crippen LogP contribution in [-0.4, -0.2) is 48.7 Å². The molecular formula is C20H23FN4O4S. The Morgan fingerprint density at radius 1 is 1.23 bits per heavy atom. The lowest BCUT2D eigenvalue weighted by molar-refractivity contribution is -0.129. The Labute approximate surface area is 174 Å². The predicted octanol–water partition coefficient (Wildman–Crippen LogP) is 1.76. The van der Waals surface area contributed by atoms with Crippen molar-refractivity contribution in [3.63, 3.8) is 0 Å². The number of anilines is 1. The van der Waals surface area contributed by atoms with E-state index in [0.717, 1.165) is 12.1 Å². The van der Waals surface area contributed by atoms with Crippen molar-refractivity contribution in [3.8, 4) is 0 Å². The molecule has 0 aliphatic carbocycles. The van der Waals surface area contributed by atoms with E-state index < -0.39 is 33.7 Å². The molecule has 1 saturated heterocycles. The molecule has 2 heterocycles. The van der Waals surface area contributed by atoms with Gasteiger partial charge in [0.25, 0.3) is 0 Å². The number of carbonyl (C=O) groups is 2. The number of nitrogens with one attached hydrogen (secondary N) is 2. The summed E-state index contributed by atoms with van der Waals surface area (Å²) in [5, 5.41) is 5.30. The van der Waals surface area contributed by atoms with Gasteiger partial charge in [-0.3, -0.25) is 14.6 Å². The van der Waals surface area contributed by atoms with Crippen molar-refractivity contribution in [2.45, 2.75) is 30.7 Å². The van der Waals surface area contributed by atoms with Crippen molar-refractivity contribution >= 4 is 27.5 Å². The molecule has 0 spiro atoms. The van der Waals surface area contributed by atoms with E-state index in [1.807, 2.05) is 0 Å². The summed E-state index contributed by atoms with van der Waals surface area (Å²) in [6.07, 6.45) is 4.09. The monoisotopic (exact) mass is 434 g/mol. The Kier molecular flexibility index (Phi) is 6.78. The number of pyridine rings is 1. The average Bonchev–Trinajstić information content (AvgIpc) is 2.74. The van der Waals surface area contributed by atoms with Gasteiger partial charge < -0.3 is 10.6 Å². The molecule has 0 bridgehead atoms. The van der Waals surface area contributed by atoms with Gasteiger partial charge in [0.1, 0.15) is 11.9 Å². The van der Waals surface area contributed by atoms with Gasteiger partial charge in [0.2, 0.25) is 21.8 Å². The Morgan fingerprint density at radius 3 is 2.63 bits per heavy atom. The minimum atomic E-state index is -3.83. The lowest BCUT2D eigenvalue weighted by Gasteiger charge is -2.31. The fourth-order valence-electron chi connectivity index (χ4n) is 3.21. The lowest BCUT2D eigenvalue weighted by atomic mass is 9.98. The summed E-state index contributed by atoms with van der Waals surface area (Å²) >= 11 is 0. The van der Waals surface area contributed by atoms with Crippen LogP contribution in [0.25, 0.3) is 0 Å². The van der Waals surface area contributed by atoms with Gasteiger partial charge in [0, 0.05) is 19.3 Å². The largest absolute Gasteiger partial charge is 0.344 e. The third kappa shape index (κ3) is 5.19. The van der Waals surface area contributed by atoms with Gasteiger partial charge in [-0.2, -0.15) is 4.31 Å². The zero-order chi connectivity index (χ0) is 21.7. The summed E-state index contributed by atoms with van der Waals surface area (Å²) in [6, 6.07) is 7.14. The van der Waals surface area contributed by atoms with Crippen molar-refractivity contribution < 1.29 is 22.4 Å². The number of sulfonamides is 1. The van der Waals surface area contributed by atoms with Gasteiger partial charge in [-0.05, 0) is 56.2 Å². The van der Waals surface area contributed by atoms with Crippen LogP contribution in [-0.2, 0) is 19.6 Å². The second kappa shape index (κ2) is 9.31. The maximum Gasteiger partial charge on any atom is 0.246 e. The molecule has 1 aromatic carbocycles. The summed E-state index contributed by atoms with van der Waals surface area (Å²) in [7, 11) is -3.83.